The second kappa shape index (κ2) is 9.72. The maximum atomic E-state index is 12.9. The first kappa shape index (κ1) is 22.2. The number of hydrogen-bond donors (Lipinski definition) is 2. The van der Waals surface area contributed by atoms with E-state index in [2.05, 4.69) is 34.2 Å². The summed E-state index contributed by atoms with van der Waals surface area (Å²) in [6, 6.07) is 26.4. The predicted molar refractivity (Wildman–Crippen MR) is 135 cm³/mol. The Morgan fingerprint density at radius 3 is 2.29 bits per heavy atom. The number of anilines is 1. The fourth-order valence-electron chi connectivity index (χ4n) is 5.06. The van der Waals surface area contributed by atoms with Crippen molar-refractivity contribution in [1.29, 1.82) is 0 Å². The molecule has 172 valence electrons. The van der Waals surface area contributed by atoms with Crippen LogP contribution in [0.3, 0.4) is 0 Å². The molecule has 0 spiro atoms. The van der Waals surface area contributed by atoms with Gasteiger partial charge in [0.1, 0.15) is 0 Å². The SMILES string of the molecule is Cc1ccc(NC(=O)N2CCN3[C@H](CO)[C@H](c4ccc(C#Cc5ccccc5)cc4)[C@@H]3C2)cc1. The number of nitrogens with one attached hydrogen (secondary N) is 1. The Morgan fingerprint density at radius 2 is 1.62 bits per heavy atom. The first-order valence-electron chi connectivity index (χ1n) is 11.8. The molecule has 2 aliphatic heterocycles. The van der Waals surface area contributed by atoms with Gasteiger partial charge in [-0.2, -0.15) is 0 Å². The van der Waals surface area contributed by atoms with Crippen molar-refractivity contribution in [3.63, 3.8) is 0 Å². The van der Waals surface area contributed by atoms with Crippen molar-refractivity contribution in [1.82, 2.24) is 9.80 Å². The van der Waals surface area contributed by atoms with Gasteiger partial charge in [0.25, 0.3) is 0 Å². The number of aliphatic hydroxyl groups is 1. The van der Waals surface area contributed by atoms with E-state index in [9.17, 15) is 9.90 Å². The highest BCUT2D eigenvalue weighted by Gasteiger charge is 2.51. The van der Waals surface area contributed by atoms with Gasteiger partial charge in [-0.1, -0.05) is 59.9 Å². The average Bonchev–Trinajstić information content (AvgIpc) is 2.86. The molecule has 0 aromatic heterocycles. The first-order chi connectivity index (χ1) is 16.6. The maximum absolute atomic E-state index is 12.9. The number of rotatable bonds is 3. The largest absolute Gasteiger partial charge is 0.395 e. The van der Waals surface area contributed by atoms with Gasteiger partial charge >= 0.3 is 6.03 Å². The third-order valence-corrected chi connectivity index (χ3v) is 6.91. The normalized spacial score (nSPS) is 21.6. The van der Waals surface area contributed by atoms with Crippen molar-refractivity contribution < 1.29 is 9.90 Å². The Morgan fingerprint density at radius 1 is 0.941 bits per heavy atom. The quantitative estimate of drug-likeness (QED) is 0.591. The molecule has 5 rings (SSSR count). The van der Waals surface area contributed by atoms with Crippen LogP contribution in [-0.4, -0.2) is 59.3 Å². The van der Waals surface area contributed by atoms with Gasteiger partial charge < -0.3 is 15.3 Å². The van der Waals surface area contributed by atoms with Crippen LogP contribution < -0.4 is 5.32 Å². The van der Waals surface area contributed by atoms with Crippen molar-refractivity contribution in [2.45, 2.75) is 24.9 Å². The molecule has 0 aliphatic carbocycles. The van der Waals surface area contributed by atoms with Gasteiger partial charge in [0, 0.05) is 54.5 Å². The molecule has 2 aliphatic rings. The fourth-order valence-corrected chi connectivity index (χ4v) is 5.06. The first-order valence-corrected chi connectivity index (χ1v) is 11.8. The standard InChI is InChI=1S/C29H29N3O2/c1-21-7-15-25(16-8-21)30-29(34)31-17-18-32-26(19-31)28(27(32)20-33)24-13-11-23(12-14-24)10-9-22-5-3-2-4-6-22/h2-8,11-16,26-28,33H,17-20H2,1H3,(H,30,34)/t26-,27+,28+/m0/s1. The number of amides is 2. The molecule has 0 bridgehead atoms. The number of aliphatic hydroxyl groups excluding tert-OH is 1. The highest BCUT2D eigenvalue weighted by molar-refractivity contribution is 5.89. The van der Waals surface area contributed by atoms with E-state index in [-0.39, 0.29) is 30.6 Å². The van der Waals surface area contributed by atoms with Crippen LogP contribution in [0.15, 0.2) is 78.9 Å². The summed E-state index contributed by atoms with van der Waals surface area (Å²) in [6.07, 6.45) is 0. The Kier molecular flexibility index (Phi) is 6.35. The van der Waals surface area contributed by atoms with Crippen LogP contribution in [0.4, 0.5) is 10.5 Å². The lowest BCUT2D eigenvalue weighted by molar-refractivity contribution is -0.0767. The van der Waals surface area contributed by atoms with Gasteiger partial charge in [0.2, 0.25) is 0 Å². The van der Waals surface area contributed by atoms with Gasteiger partial charge in [-0.15, -0.1) is 0 Å². The number of piperazine rings is 1. The third kappa shape index (κ3) is 4.56. The van der Waals surface area contributed by atoms with Gasteiger partial charge in [-0.05, 0) is 48.9 Å². The number of urea groups is 1. The van der Waals surface area contributed by atoms with Crippen molar-refractivity contribution in [2.24, 2.45) is 0 Å². The monoisotopic (exact) mass is 451 g/mol. The molecule has 34 heavy (non-hydrogen) atoms. The van der Waals surface area contributed by atoms with E-state index in [0.29, 0.717) is 13.1 Å². The minimum atomic E-state index is -0.0683. The Balaban J connectivity index is 1.27. The van der Waals surface area contributed by atoms with Crippen LogP contribution in [0.1, 0.15) is 28.2 Å². The number of fused-ring (bicyclic) bond motifs is 1. The fraction of sp³-hybridized carbons (Fsp3) is 0.276. The van der Waals surface area contributed by atoms with Crippen molar-refractivity contribution >= 4 is 11.7 Å². The number of aryl methyl sites for hydroxylation is 1. The molecule has 2 amide bonds. The number of nitrogens with zero attached hydrogens (tertiary/aromatic N) is 2. The lowest BCUT2D eigenvalue weighted by Crippen LogP contribution is -2.71. The molecule has 2 fully saturated rings. The summed E-state index contributed by atoms with van der Waals surface area (Å²) in [5.41, 5.74) is 5.12. The Bertz CT molecular complexity index is 1200. The second-order valence-corrected chi connectivity index (χ2v) is 9.06. The molecule has 2 saturated heterocycles. The van der Waals surface area contributed by atoms with E-state index in [0.717, 1.165) is 28.9 Å². The lowest BCUT2D eigenvalue weighted by atomic mass is 9.74. The van der Waals surface area contributed by atoms with Gasteiger partial charge in [-0.25, -0.2) is 4.79 Å². The molecule has 5 heteroatoms. The topological polar surface area (TPSA) is 55.8 Å². The number of benzene rings is 3. The average molecular weight is 452 g/mol. The summed E-state index contributed by atoms with van der Waals surface area (Å²) >= 11 is 0. The van der Waals surface area contributed by atoms with E-state index in [1.807, 2.05) is 78.6 Å². The molecule has 0 radical (unpaired) electrons. The second-order valence-electron chi connectivity index (χ2n) is 9.06. The van der Waals surface area contributed by atoms with Crippen molar-refractivity contribution in [3.05, 3.63) is 101 Å². The van der Waals surface area contributed by atoms with Crippen LogP contribution in [-0.2, 0) is 0 Å². The smallest absolute Gasteiger partial charge is 0.321 e. The number of hydrogen-bond acceptors (Lipinski definition) is 3. The summed E-state index contributed by atoms with van der Waals surface area (Å²) in [4.78, 5) is 17.1. The molecule has 5 nitrogen and oxygen atoms in total. The van der Waals surface area contributed by atoms with Gasteiger partial charge in [0.15, 0.2) is 0 Å². The predicted octanol–water partition coefficient (Wildman–Crippen LogP) is 4.07. The molecule has 0 unspecified atom stereocenters. The minimum Gasteiger partial charge on any atom is -0.395 e. The third-order valence-electron chi connectivity index (χ3n) is 6.91. The Labute approximate surface area is 201 Å². The molecule has 2 heterocycles. The maximum Gasteiger partial charge on any atom is 0.321 e. The highest BCUT2D eigenvalue weighted by atomic mass is 16.3. The zero-order valence-corrected chi connectivity index (χ0v) is 19.3. The van der Waals surface area contributed by atoms with Crippen molar-refractivity contribution in [3.8, 4) is 11.8 Å². The van der Waals surface area contributed by atoms with Crippen LogP contribution in [0.5, 0.6) is 0 Å². The molecule has 3 aromatic carbocycles. The molecular formula is C29H29N3O2. The van der Waals surface area contributed by atoms with E-state index in [1.54, 1.807) is 0 Å². The minimum absolute atomic E-state index is 0.0683. The summed E-state index contributed by atoms with van der Waals surface area (Å²) in [6.45, 7) is 4.22. The summed E-state index contributed by atoms with van der Waals surface area (Å²) in [5.74, 6) is 6.61. The van der Waals surface area contributed by atoms with Crippen molar-refractivity contribution in [2.75, 3.05) is 31.6 Å². The molecule has 2 N–H and O–H groups in total. The summed E-state index contributed by atoms with van der Waals surface area (Å²) in [5, 5.41) is 13.1. The molecule has 0 saturated carbocycles. The van der Waals surface area contributed by atoms with Crippen LogP contribution >= 0.6 is 0 Å². The zero-order chi connectivity index (χ0) is 23.5. The number of carbonyl (C=O) groups is 1. The van der Waals surface area contributed by atoms with Gasteiger partial charge in [0.05, 0.1) is 6.61 Å². The van der Waals surface area contributed by atoms with Crippen LogP contribution in [0.2, 0.25) is 0 Å². The Hall–Kier alpha value is -3.59. The molecule has 3 aromatic rings. The van der Waals surface area contributed by atoms with E-state index < -0.39 is 0 Å². The van der Waals surface area contributed by atoms with E-state index in [4.69, 9.17) is 0 Å². The van der Waals surface area contributed by atoms with Gasteiger partial charge in [-0.3, -0.25) is 4.90 Å². The van der Waals surface area contributed by atoms with E-state index in [1.165, 1.54) is 5.56 Å². The van der Waals surface area contributed by atoms with E-state index >= 15 is 0 Å². The summed E-state index contributed by atoms with van der Waals surface area (Å²) in [7, 11) is 0. The zero-order valence-electron chi connectivity index (χ0n) is 19.3. The highest BCUT2D eigenvalue weighted by Crippen LogP contribution is 2.42. The van der Waals surface area contributed by atoms with Crippen LogP contribution in [0.25, 0.3) is 0 Å². The number of carbonyl (C=O) groups excluding carboxylic acids is 1. The molecule has 3 atom stereocenters. The molecular weight excluding hydrogens is 422 g/mol. The summed E-state index contributed by atoms with van der Waals surface area (Å²) < 4.78 is 0. The lowest BCUT2D eigenvalue weighted by Gasteiger charge is -2.59. The van der Waals surface area contributed by atoms with Crippen LogP contribution in [0, 0.1) is 18.8 Å².